The van der Waals surface area contributed by atoms with E-state index in [0.29, 0.717) is 11.8 Å². The maximum Gasteiger partial charge on any atom is 0.227 e. The molecule has 1 aromatic carbocycles. The van der Waals surface area contributed by atoms with Gasteiger partial charge in [-0.05, 0) is 53.1 Å². The third-order valence-electron chi connectivity index (χ3n) is 3.87. The van der Waals surface area contributed by atoms with Gasteiger partial charge in [-0.15, -0.1) is 0 Å². The van der Waals surface area contributed by atoms with Crippen molar-refractivity contribution in [2.75, 3.05) is 5.32 Å². The number of carbonyl (C=O) groups excluding carboxylic acids is 1. The van der Waals surface area contributed by atoms with Gasteiger partial charge in [0.25, 0.3) is 0 Å². The molecular weight excluding hydrogens is 304 g/mol. The van der Waals surface area contributed by atoms with Crippen molar-refractivity contribution in [1.82, 2.24) is 0 Å². The maximum absolute atomic E-state index is 13.6. The fourth-order valence-electron chi connectivity index (χ4n) is 2.82. The second-order valence-corrected chi connectivity index (χ2v) is 6.01. The lowest BCUT2D eigenvalue weighted by Gasteiger charge is -2.14. The summed E-state index contributed by atoms with van der Waals surface area (Å²) in [7, 11) is 0. The van der Waals surface area contributed by atoms with E-state index in [1.807, 2.05) is 0 Å². The van der Waals surface area contributed by atoms with E-state index in [1.54, 1.807) is 0 Å². The quantitative estimate of drug-likeness (QED) is 0.885. The van der Waals surface area contributed by atoms with Crippen molar-refractivity contribution in [3.63, 3.8) is 0 Å². The molecule has 0 spiro atoms. The monoisotopic (exact) mass is 315 g/mol. The Morgan fingerprint density at radius 3 is 2.50 bits per heavy atom. The number of amides is 1. The summed E-state index contributed by atoms with van der Waals surface area (Å²) >= 11 is 3.06. The highest BCUT2D eigenvalue weighted by Crippen LogP contribution is 2.54. The molecule has 2 unspecified atom stereocenters. The molecule has 3 rings (SSSR count). The molecule has 18 heavy (non-hydrogen) atoms. The first-order chi connectivity index (χ1) is 8.54. The zero-order valence-electron chi connectivity index (χ0n) is 9.55. The van der Waals surface area contributed by atoms with E-state index in [9.17, 15) is 13.6 Å². The number of hydrogen-bond acceptors (Lipinski definition) is 1. The number of benzene rings is 1. The molecule has 2 saturated carbocycles. The van der Waals surface area contributed by atoms with Crippen LogP contribution >= 0.6 is 15.9 Å². The fourth-order valence-corrected chi connectivity index (χ4v) is 3.32. The molecule has 0 heterocycles. The molecular formula is C13H12BrF2NO. The molecule has 0 saturated heterocycles. The van der Waals surface area contributed by atoms with Crippen molar-refractivity contribution in [3.8, 4) is 0 Å². The standard InChI is InChI=1S/C13H12BrF2NO/c14-10-4-9(15)5-11(16)12(10)17-13(18)8-2-6-1-7(6)3-8/h4-8H,1-3H2,(H,17,18). The van der Waals surface area contributed by atoms with Gasteiger partial charge >= 0.3 is 0 Å². The summed E-state index contributed by atoms with van der Waals surface area (Å²) in [5.74, 6) is -0.208. The largest absolute Gasteiger partial charge is 0.322 e. The van der Waals surface area contributed by atoms with E-state index in [4.69, 9.17) is 0 Å². The van der Waals surface area contributed by atoms with E-state index < -0.39 is 11.6 Å². The van der Waals surface area contributed by atoms with Crippen molar-refractivity contribution in [3.05, 3.63) is 28.2 Å². The lowest BCUT2D eigenvalue weighted by Crippen LogP contribution is -2.22. The van der Waals surface area contributed by atoms with Gasteiger partial charge in [-0.2, -0.15) is 0 Å². The first-order valence-corrected chi connectivity index (χ1v) is 6.79. The number of hydrogen-bond donors (Lipinski definition) is 1. The van der Waals surface area contributed by atoms with Crippen LogP contribution in [0.1, 0.15) is 19.3 Å². The molecule has 1 amide bonds. The Morgan fingerprint density at radius 1 is 1.22 bits per heavy atom. The summed E-state index contributed by atoms with van der Waals surface area (Å²) in [5.41, 5.74) is 0.0296. The minimum atomic E-state index is -0.751. The minimum Gasteiger partial charge on any atom is -0.322 e. The van der Waals surface area contributed by atoms with E-state index in [2.05, 4.69) is 21.2 Å². The number of fused-ring (bicyclic) bond motifs is 1. The van der Waals surface area contributed by atoms with Gasteiger partial charge in [0.2, 0.25) is 5.91 Å². The molecule has 2 aliphatic rings. The summed E-state index contributed by atoms with van der Waals surface area (Å²) < 4.78 is 26.7. The molecule has 0 aliphatic heterocycles. The average Bonchev–Trinajstić information content (AvgIpc) is 2.90. The zero-order valence-corrected chi connectivity index (χ0v) is 11.1. The first kappa shape index (κ1) is 12.1. The Balaban J connectivity index is 1.74. The Labute approximate surface area is 112 Å². The average molecular weight is 316 g/mol. The van der Waals surface area contributed by atoms with Gasteiger partial charge < -0.3 is 5.32 Å². The van der Waals surface area contributed by atoms with Crippen LogP contribution in [0.3, 0.4) is 0 Å². The molecule has 1 aromatic rings. The highest BCUT2D eigenvalue weighted by molar-refractivity contribution is 9.10. The van der Waals surface area contributed by atoms with Crippen molar-refractivity contribution in [1.29, 1.82) is 0 Å². The molecule has 0 radical (unpaired) electrons. The van der Waals surface area contributed by atoms with Gasteiger partial charge in [-0.25, -0.2) is 8.78 Å². The number of halogens is 3. The molecule has 5 heteroatoms. The Bertz CT molecular complexity index is 487. The summed E-state index contributed by atoms with van der Waals surface area (Å²) in [6.07, 6.45) is 3.03. The normalized spacial score (nSPS) is 28.9. The van der Waals surface area contributed by atoms with Gasteiger partial charge in [0.05, 0.1) is 5.69 Å². The molecule has 2 aliphatic carbocycles. The van der Waals surface area contributed by atoms with Crippen LogP contribution in [0.25, 0.3) is 0 Å². The van der Waals surface area contributed by atoms with Gasteiger partial charge in [-0.3, -0.25) is 4.79 Å². The van der Waals surface area contributed by atoms with Gasteiger partial charge in [0.15, 0.2) is 5.82 Å². The molecule has 2 atom stereocenters. The van der Waals surface area contributed by atoms with Crippen LogP contribution in [0.4, 0.5) is 14.5 Å². The van der Waals surface area contributed by atoms with Crippen LogP contribution in [-0.2, 0) is 4.79 Å². The molecule has 96 valence electrons. The summed E-state index contributed by atoms with van der Waals surface area (Å²) in [5, 5.41) is 2.56. The minimum absolute atomic E-state index is 0.0231. The predicted molar refractivity (Wildman–Crippen MR) is 67.0 cm³/mol. The SMILES string of the molecule is O=C(Nc1c(F)cc(F)cc1Br)C1CC2CC2C1. The van der Waals surface area contributed by atoms with Crippen molar-refractivity contribution in [2.24, 2.45) is 17.8 Å². The van der Waals surface area contributed by atoms with Crippen LogP contribution in [0.15, 0.2) is 16.6 Å². The Morgan fingerprint density at radius 2 is 1.89 bits per heavy atom. The van der Waals surface area contributed by atoms with Crippen molar-refractivity contribution in [2.45, 2.75) is 19.3 Å². The van der Waals surface area contributed by atoms with Crippen LogP contribution < -0.4 is 5.32 Å². The van der Waals surface area contributed by atoms with Crippen LogP contribution in [-0.4, -0.2) is 5.91 Å². The number of rotatable bonds is 2. The third kappa shape index (κ3) is 2.16. The van der Waals surface area contributed by atoms with Crippen LogP contribution in [0.5, 0.6) is 0 Å². The Hall–Kier alpha value is -0.970. The molecule has 2 nitrogen and oxygen atoms in total. The lowest BCUT2D eigenvalue weighted by atomic mass is 10.0. The predicted octanol–water partition coefficient (Wildman–Crippen LogP) is 3.71. The van der Waals surface area contributed by atoms with E-state index in [1.165, 1.54) is 6.42 Å². The summed E-state index contributed by atoms with van der Waals surface area (Å²) in [4.78, 5) is 12.0. The topological polar surface area (TPSA) is 29.1 Å². The zero-order chi connectivity index (χ0) is 12.9. The fraction of sp³-hybridized carbons (Fsp3) is 0.462. The molecule has 0 bridgehead atoms. The summed E-state index contributed by atoms with van der Waals surface area (Å²) in [6.45, 7) is 0. The molecule has 2 fully saturated rings. The molecule has 0 aromatic heterocycles. The van der Waals surface area contributed by atoms with Crippen LogP contribution in [0.2, 0.25) is 0 Å². The third-order valence-corrected chi connectivity index (χ3v) is 4.49. The Kier molecular flexibility index (Phi) is 2.88. The highest BCUT2D eigenvalue weighted by Gasteiger charge is 2.48. The van der Waals surface area contributed by atoms with Crippen molar-refractivity contribution >= 4 is 27.5 Å². The van der Waals surface area contributed by atoms with E-state index in [0.717, 1.165) is 25.0 Å². The first-order valence-electron chi connectivity index (χ1n) is 6.00. The second-order valence-electron chi connectivity index (χ2n) is 5.16. The maximum atomic E-state index is 13.6. The molecule has 1 N–H and O–H groups in total. The van der Waals surface area contributed by atoms with Gasteiger partial charge in [0, 0.05) is 16.5 Å². The number of carbonyl (C=O) groups is 1. The number of anilines is 1. The van der Waals surface area contributed by atoms with E-state index in [-0.39, 0.29) is 22.0 Å². The lowest BCUT2D eigenvalue weighted by molar-refractivity contribution is -0.120. The van der Waals surface area contributed by atoms with E-state index >= 15 is 0 Å². The second kappa shape index (κ2) is 4.30. The number of nitrogens with one attached hydrogen (secondary N) is 1. The van der Waals surface area contributed by atoms with Gasteiger partial charge in [0.1, 0.15) is 5.82 Å². The van der Waals surface area contributed by atoms with Crippen molar-refractivity contribution < 1.29 is 13.6 Å². The van der Waals surface area contributed by atoms with Crippen LogP contribution in [0, 0.1) is 29.4 Å². The smallest absolute Gasteiger partial charge is 0.227 e. The summed E-state index contributed by atoms with van der Waals surface area (Å²) in [6, 6.07) is 1.91. The highest BCUT2D eigenvalue weighted by atomic mass is 79.9. The van der Waals surface area contributed by atoms with Gasteiger partial charge in [-0.1, -0.05) is 0 Å².